The summed E-state index contributed by atoms with van der Waals surface area (Å²) in [5.74, 6) is -0.221. The van der Waals surface area contributed by atoms with Gasteiger partial charge in [-0.3, -0.25) is 14.9 Å². The van der Waals surface area contributed by atoms with Gasteiger partial charge in [0.1, 0.15) is 0 Å². The fourth-order valence-electron chi connectivity index (χ4n) is 2.60. The maximum atomic E-state index is 13.0. The predicted octanol–water partition coefficient (Wildman–Crippen LogP) is 4.87. The molecule has 27 heavy (non-hydrogen) atoms. The third-order valence-electron chi connectivity index (χ3n) is 3.98. The minimum atomic E-state index is -0.460. The largest absolute Gasteiger partial charge is 0.334 e. The Labute approximate surface area is 172 Å². The normalized spacial score (nSPS) is 11.0. The maximum Gasteiger partial charge on any atom is 0.283 e. The fraction of sp³-hybridized carbons (Fsp3) is 0.389. The summed E-state index contributed by atoms with van der Waals surface area (Å²) in [6, 6.07) is 6.61. The van der Waals surface area contributed by atoms with E-state index in [1.54, 1.807) is 24.0 Å². The van der Waals surface area contributed by atoms with Gasteiger partial charge in [0.15, 0.2) is 0 Å². The van der Waals surface area contributed by atoms with Gasteiger partial charge in [0.25, 0.3) is 11.6 Å². The lowest BCUT2D eigenvalue weighted by molar-refractivity contribution is -0.385. The molecule has 9 heteroatoms. The molecule has 0 saturated carbocycles. The zero-order chi connectivity index (χ0) is 20.1. The number of hydrogen-bond acceptors (Lipinski definition) is 5. The first-order chi connectivity index (χ1) is 12.7. The van der Waals surface area contributed by atoms with Crippen LogP contribution in [0.4, 0.5) is 5.69 Å². The van der Waals surface area contributed by atoms with Crippen molar-refractivity contribution in [3.63, 3.8) is 0 Å². The number of rotatable bonds is 8. The van der Waals surface area contributed by atoms with E-state index < -0.39 is 4.92 Å². The molecule has 0 spiro atoms. The molecule has 0 bridgehead atoms. The monoisotopic (exact) mass is 429 g/mol. The standard InChI is InChI=1S/C18H21Cl2N3O3S/c1-12-16(23(25)26)10-17(27-12)18(24)22(8-4-7-21(2)3)11-13-5-6-14(19)15(20)9-13/h5-6,9-10H,4,7-8,11H2,1-3H3. The smallest absolute Gasteiger partial charge is 0.283 e. The molecule has 0 unspecified atom stereocenters. The molecule has 1 aromatic carbocycles. The van der Waals surface area contributed by atoms with Gasteiger partial charge in [0.05, 0.1) is 24.7 Å². The number of thiophene rings is 1. The van der Waals surface area contributed by atoms with E-state index in [1.165, 1.54) is 6.07 Å². The molecule has 0 saturated heterocycles. The van der Waals surface area contributed by atoms with E-state index in [1.807, 2.05) is 25.1 Å². The summed E-state index contributed by atoms with van der Waals surface area (Å²) in [6.07, 6.45) is 0.784. The molecule has 2 aromatic rings. The molecule has 6 nitrogen and oxygen atoms in total. The lowest BCUT2D eigenvalue weighted by atomic mass is 10.2. The van der Waals surface area contributed by atoms with Crippen LogP contribution in [0.2, 0.25) is 10.0 Å². The summed E-state index contributed by atoms with van der Waals surface area (Å²) in [4.78, 5) is 28.3. The van der Waals surface area contributed by atoms with Gasteiger partial charge < -0.3 is 9.80 Å². The van der Waals surface area contributed by atoms with E-state index >= 15 is 0 Å². The highest BCUT2D eigenvalue weighted by Crippen LogP contribution is 2.30. The number of aryl methyl sites for hydroxylation is 1. The first kappa shape index (κ1) is 21.6. The van der Waals surface area contributed by atoms with Gasteiger partial charge >= 0.3 is 0 Å². The molecule has 0 fully saturated rings. The number of halogens is 2. The van der Waals surface area contributed by atoms with Crippen LogP contribution in [0.25, 0.3) is 0 Å². The van der Waals surface area contributed by atoms with Crippen molar-refractivity contribution in [3.05, 3.63) is 59.7 Å². The van der Waals surface area contributed by atoms with Crippen molar-refractivity contribution in [1.82, 2.24) is 9.80 Å². The number of nitrogens with zero attached hydrogens (tertiary/aromatic N) is 3. The zero-order valence-electron chi connectivity index (χ0n) is 15.4. The Balaban J connectivity index is 2.24. The topological polar surface area (TPSA) is 66.7 Å². The predicted molar refractivity (Wildman–Crippen MR) is 110 cm³/mol. The lowest BCUT2D eigenvalue weighted by Gasteiger charge is -2.23. The molecule has 2 rings (SSSR count). The van der Waals surface area contributed by atoms with Crippen LogP contribution in [0.15, 0.2) is 24.3 Å². The number of benzene rings is 1. The van der Waals surface area contributed by atoms with Crippen LogP contribution in [-0.4, -0.2) is 47.8 Å². The Kier molecular flexibility index (Phi) is 7.61. The van der Waals surface area contributed by atoms with Crippen LogP contribution in [0.3, 0.4) is 0 Å². The van der Waals surface area contributed by atoms with Crippen LogP contribution >= 0.6 is 34.5 Å². The summed E-state index contributed by atoms with van der Waals surface area (Å²) in [6.45, 7) is 3.36. The van der Waals surface area contributed by atoms with Crippen LogP contribution in [0, 0.1) is 17.0 Å². The lowest BCUT2D eigenvalue weighted by Crippen LogP contribution is -2.32. The van der Waals surface area contributed by atoms with E-state index in [0.717, 1.165) is 29.9 Å². The molecule has 146 valence electrons. The molecule has 0 aliphatic rings. The van der Waals surface area contributed by atoms with Crippen molar-refractivity contribution >= 4 is 46.1 Å². The van der Waals surface area contributed by atoms with E-state index in [0.29, 0.717) is 32.9 Å². The molecule has 0 N–H and O–H groups in total. The summed E-state index contributed by atoms with van der Waals surface area (Å²) >= 11 is 13.2. The van der Waals surface area contributed by atoms with Crippen LogP contribution in [0.5, 0.6) is 0 Å². The van der Waals surface area contributed by atoms with Crippen molar-refractivity contribution in [1.29, 1.82) is 0 Å². The van der Waals surface area contributed by atoms with Gasteiger partial charge in [0, 0.05) is 19.2 Å². The molecular weight excluding hydrogens is 409 g/mol. The molecular formula is C18H21Cl2N3O3S. The Morgan fingerprint density at radius 2 is 1.89 bits per heavy atom. The van der Waals surface area contributed by atoms with Crippen molar-refractivity contribution < 1.29 is 9.72 Å². The first-order valence-corrected chi connectivity index (χ1v) is 9.89. The van der Waals surface area contributed by atoms with E-state index in [4.69, 9.17) is 23.2 Å². The molecule has 1 amide bonds. The van der Waals surface area contributed by atoms with Crippen LogP contribution in [0.1, 0.15) is 26.5 Å². The Hall–Kier alpha value is -1.67. The fourth-order valence-corrected chi connectivity index (χ4v) is 3.88. The average Bonchev–Trinajstić information content (AvgIpc) is 2.98. The number of amides is 1. The second-order valence-corrected chi connectivity index (χ2v) is 8.51. The SMILES string of the molecule is Cc1sc(C(=O)N(CCCN(C)C)Cc2ccc(Cl)c(Cl)c2)cc1[N+](=O)[O-]. The molecule has 0 radical (unpaired) electrons. The Bertz CT molecular complexity index is 839. The number of hydrogen-bond donors (Lipinski definition) is 0. The van der Waals surface area contributed by atoms with E-state index in [2.05, 4.69) is 0 Å². The van der Waals surface area contributed by atoms with Crippen molar-refractivity contribution in [3.8, 4) is 0 Å². The maximum absolute atomic E-state index is 13.0. The minimum Gasteiger partial charge on any atom is -0.334 e. The number of nitro groups is 1. The van der Waals surface area contributed by atoms with Gasteiger partial charge in [0.2, 0.25) is 0 Å². The number of carbonyl (C=O) groups excluding carboxylic acids is 1. The molecule has 0 aliphatic heterocycles. The van der Waals surface area contributed by atoms with Crippen molar-refractivity contribution in [2.24, 2.45) is 0 Å². The summed E-state index contributed by atoms with van der Waals surface area (Å²) in [5, 5.41) is 12.0. The highest BCUT2D eigenvalue weighted by molar-refractivity contribution is 7.14. The summed E-state index contributed by atoms with van der Waals surface area (Å²) in [7, 11) is 3.94. The second kappa shape index (κ2) is 9.50. The van der Waals surface area contributed by atoms with Gasteiger partial charge in [-0.2, -0.15) is 0 Å². The van der Waals surface area contributed by atoms with Gasteiger partial charge in [-0.1, -0.05) is 29.3 Å². The Morgan fingerprint density at radius 1 is 1.19 bits per heavy atom. The van der Waals surface area contributed by atoms with Gasteiger partial charge in [-0.15, -0.1) is 11.3 Å². The average molecular weight is 430 g/mol. The molecule has 1 heterocycles. The first-order valence-electron chi connectivity index (χ1n) is 8.31. The third-order valence-corrected chi connectivity index (χ3v) is 5.74. The molecule has 0 aliphatic carbocycles. The van der Waals surface area contributed by atoms with Crippen molar-refractivity contribution in [2.75, 3.05) is 27.2 Å². The second-order valence-electron chi connectivity index (χ2n) is 6.44. The summed E-state index contributed by atoms with van der Waals surface area (Å²) < 4.78 is 0. The quantitative estimate of drug-likeness (QED) is 0.443. The molecule has 0 atom stereocenters. The Morgan fingerprint density at radius 3 is 2.44 bits per heavy atom. The van der Waals surface area contributed by atoms with E-state index in [9.17, 15) is 14.9 Å². The summed E-state index contributed by atoms with van der Waals surface area (Å²) in [5.41, 5.74) is 0.830. The third kappa shape index (κ3) is 5.90. The van der Waals surface area contributed by atoms with Crippen LogP contribution in [-0.2, 0) is 6.54 Å². The van der Waals surface area contributed by atoms with Crippen molar-refractivity contribution in [2.45, 2.75) is 19.9 Å². The zero-order valence-corrected chi connectivity index (χ0v) is 17.7. The van der Waals surface area contributed by atoms with Gasteiger partial charge in [-0.05, 0) is 51.7 Å². The van der Waals surface area contributed by atoms with Crippen LogP contribution < -0.4 is 0 Å². The van der Waals surface area contributed by atoms with E-state index in [-0.39, 0.29) is 11.6 Å². The highest BCUT2D eigenvalue weighted by atomic mass is 35.5. The molecule has 1 aromatic heterocycles. The minimum absolute atomic E-state index is 0.0221. The number of carbonyl (C=O) groups is 1. The highest BCUT2D eigenvalue weighted by Gasteiger charge is 2.23. The van der Waals surface area contributed by atoms with Gasteiger partial charge in [-0.25, -0.2) is 0 Å².